The molecule has 3 fully saturated rings. The van der Waals surface area contributed by atoms with E-state index in [9.17, 15) is 9.59 Å². The van der Waals surface area contributed by atoms with E-state index in [4.69, 9.17) is 4.74 Å². The van der Waals surface area contributed by atoms with E-state index in [1.807, 2.05) is 9.80 Å². The van der Waals surface area contributed by atoms with Crippen LogP contribution in [0.2, 0.25) is 0 Å². The van der Waals surface area contributed by atoms with Crippen LogP contribution in [-0.2, 0) is 14.3 Å². The van der Waals surface area contributed by atoms with Gasteiger partial charge in [0.2, 0.25) is 11.8 Å². The molecule has 0 saturated carbocycles. The van der Waals surface area contributed by atoms with E-state index < -0.39 is 0 Å². The number of ether oxygens (including phenoxy) is 1. The van der Waals surface area contributed by atoms with Crippen molar-refractivity contribution in [1.29, 1.82) is 0 Å². The number of amides is 2. The average molecular weight is 337 g/mol. The van der Waals surface area contributed by atoms with Crippen LogP contribution in [0.3, 0.4) is 0 Å². The number of piperidine rings is 1. The summed E-state index contributed by atoms with van der Waals surface area (Å²) in [4.78, 5) is 31.3. The molecular weight excluding hydrogens is 306 g/mol. The maximum Gasteiger partial charge on any atom is 0.236 e. The van der Waals surface area contributed by atoms with E-state index >= 15 is 0 Å². The molecule has 0 aromatic rings. The lowest BCUT2D eigenvalue weighted by molar-refractivity contribution is -0.142. The molecule has 0 aliphatic carbocycles. The number of carbonyl (C=O) groups excluding carboxylic acids is 2. The number of likely N-dealkylation sites (tertiary alicyclic amines) is 2. The number of nitrogens with zero attached hydrogens (tertiary/aromatic N) is 3. The second-order valence-corrected chi connectivity index (χ2v) is 7.61. The van der Waals surface area contributed by atoms with Crippen molar-refractivity contribution < 1.29 is 14.3 Å². The highest BCUT2D eigenvalue weighted by Gasteiger charge is 2.32. The van der Waals surface area contributed by atoms with Crippen molar-refractivity contribution in [3.8, 4) is 0 Å². The van der Waals surface area contributed by atoms with Crippen LogP contribution in [0.5, 0.6) is 0 Å². The summed E-state index contributed by atoms with van der Waals surface area (Å²) in [6.07, 6.45) is 4.10. The van der Waals surface area contributed by atoms with Gasteiger partial charge >= 0.3 is 0 Å². The summed E-state index contributed by atoms with van der Waals surface area (Å²) in [6, 6.07) is 0.291. The molecule has 3 heterocycles. The lowest BCUT2D eigenvalue weighted by Crippen LogP contribution is -2.52. The van der Waals surface area contributed by atoms with Gasteiger partial charge in [0.1, 0.15) is 0 Å². The van der Waals surface area contributed by atoms with Gasteiger partial charge in [0, 0.05) is 44.7 Å². The minimum atomic E-state index is 0.120. The van der Waals surface area contributed by atoms with Gasteiger partial charge in [-0.3, -0.25) is 14.5 Å². The van der Waals surface area contributed by atoms with Crippen LogP contribution in [-0.4, -0.2) is 84.5 Å². The zero-order valence-electron chi connectivity index (χ0n) is 15.1. The number of hydrogen-bond acceptors (Lipinski definition) is 4. The van der Waals surface area contributed by atoms with Crippen molar-refractivity contribution >= 4 is 11.8 Å². The van der Waals surface area contributed by atoms with Crippen LogP contribution in [0.4, 0.5) is 0 Å². The molecule has 6 heteroatoms. The molecule has 3 aliphatic rings. The maximum absolute atomic E-state index is 12.6. The minimum absolute atomic E-state index is 0.120. The fourth-order valence-corrected chi connectivity index (χ4v) is 4.04. The Balaban J connectivity index is 1.45. The predicted octanol–water partition coefficient (Wildman–Crippen LogP) is 0.957. The lowest BCUT2D eigenvalue weighted by Gasteiger charge is -2.38. The average Bonchev–Trinajstić information content (AvgIpc) is 3.12. The largest absolute Gasteiger partial charge is 0.376 e. The summed E-state index contributed by atoms with van der Waals surface area (Å²) in [5.41, 5.74) is 0. The second-order valence-electron chi connectivity index (χ2n) is 7.61. The third-order valence-corrected chi connectivity index (χ3v) is 5.69. The molecule has 6 nitrogen and oxygen atoms in total. The zero-order valence-corrected chi connectivity index (χ0v) is 15.1. The molecule has 0 N–H and O–H groups in total. The summed E-state index contributed by atoms with van der Waals surface area (Å²) in [5.74, 6) is 0.632. The fraction of sp³-hybridized carbons (Fsp3) is 0.889. The van der Waals surface area contributed by atoms with Gasteiger partial charge in [0.25, 0.3) is 0 Å². The van der Waals surface area contributed by atoms with E-state index in [1.54, 1.807) is 0 Å². The highest BCUT2D eigenvalue weighted by atomic mass is 16.5. The van der Waals surface area contributed by atoms with Crippen molar-refractivity contribution in [2.75, 3.05) is 45.9 Å². The first-order valence-corrected chi connectivity index (χ1v) is 9.47. The van der Waals surface area contributed by atoms with Gasteiger partial charge in [-0.1, -0.05) is 0 Å². The summed E-state index contributed by atoms with van der Waals surface area (Å²) in [5, 5.41) is 0. The molecular formula is C18H31N3O3. The van der Waals surface area contributed by atoms with Crippen molar-refractivity contribution in [1.82, 2.24) is 14.7 Å². The Labute approximate surface area is 145 Å². The van der Waals surface area contributed by atoms with Crippen molar-refractivity contribution in [2.24, 2.45) is 5.92 Å². The second kappa shape index (κ2) is 7.83. The van der Waals surface area contributed by atoms with Crippen LogP contribution in [0.25, 0.3) is 0 Å². The SMILES string of the molecule is C[C@@H]1CO[C@@H](C)CN1CC(=O)N1CCC(C(=O)N2CCCC2)CC1. The van der Waals surface area contributed by atoms with E-state index in [-0.39, 0.29) is 17.9 Å². The van der Waals surface area contributed by atoms with Crippen LogP contribution < -0.4 is 0 Å². The summed E-state index contributed by atoms with van der Waals surface area (Å²) >= 11 is 0. The topological polar surface area (TPSA) is 53.1 Å². The highest BCUT2D eigenvalue weighted by Crippen LogP contribution is 2.22. The normalized spacial score (nSPS) is 29.9. The molecule has 0 spiro atoms. The molecule has 136 valence electrons. The fourth-order valence-electron chi connectivity index (χ4n) is 4.04. The number of hydrogen-bond donors (Lipinski definition) is 0. The Morgan fingerprint density at radius 2 is 1.67 bits per heavy atom. The molecule has 3 rings (SSSR count). The van der Waals surface area contributed by atoms with Gasteiger partial charge < -0.3 is 14.5 Å². The lowest BCUT2D eigenvalue weighted by atomic mass is 9.95. The van der Waals surface area contributed by atoms with Crippen LogP contribution >= 0.6 is 0 Å². The first-order chi connectivity index (χ1) is 11.5. The van der Waals surface area contributed by atoms with Gasteiger partial charge in [-0.15, -0.1) is 0 Å². The first-order valence-electron chi connectivity index (χ1n) is 9.47. The Bertz CT molecular complexity index is 456. The number of rotatable bonds is 3. The summed E-state index contributed by atoms with van der Waals surface area (Å²) < 4.78 is 5.63. The minimum Gasteiger partial charge on any atom is -0.376 e. The summed E-state index contributed by atoms with van der Waals surface area (Å²) in [6.45, 7) is 9.43. The standard InChI is InChI=1S/C18H31N3O3/c1-14-13-24-15(2)11-21(14)12-17(22)19-9-5-16(6-10-19)18(23)20-7-3-4-8-20/h14-16H,3-13H2,1-2H3/t14-,15+/m1/s1. The molecule has 3 aliphatic heterocycles. The number of morpholine rings is 1. The van der Waals surface area contributed by atoms with Crippen molar-refractivity contribution in [3.63, 3.8) is 0 Å². The number of carbonyl (C=O) groups is 2. The monoisotopic (exact) mass is 337 g/mol. The molecule has 2 atom stereocenters. The van der Waals surface area contributed by atoms with E-state index in [0.717, 1.165) is 58.4 Å². The Kier molecular flexibility index (Phi) is 5.76. The smallest absolute Gasteiger partial charge is 0.236 e. The van der Waals surface area contributed by atoms with Crippen LogP contribution in [0, 0.1) is 5.92 Å². The molecule has 0 bridgehead atoms. The Morgan fingerprint density at radius 3 is 2.33 bits per heavy atom. The Morgan fingerprint density at radius 1 is 1.00 bits per heavy atom. The first kappa shape index (κ1) is 17.7. The molecule has 0 unspecified atom stereocenters. The van der Waals surface area contributed by atoms with Gasteiger partial charge in [0.15, 0.2) is 0 Å². The van der Waals surface area contributed by atoms with Crippen LogP contribution in [0.1, 0.15) is 39.5 Å². The maximum atomic E-state index is 12.6. The van der Waals surface area contributed by atoms with E-state index in [2.05, 4.69) is 18.7 Å². The van der Waals surface area contributed by atoms with Crippen molar-refractivity contribution in [2.45, 2.75) is 51.7 Å². The molecule has 0 aromatic heterocycles. The zero-order chi connectivity index (χ0) is 17.1. The molecule has 0 aromatic carbocycles. The summed E-state index contributed by atoms with van der Waals surface area (Å²) in [7, 11) is 0. The van der Waals surface area contributed by atoms with Crippen molar-refractivity contribution in [3.05, 3.63) is 0 Å². The van der Waals surface area contributed by atoms with Gasteiger partial charge in [-0.05, 0) is 39.5 Å². The highest BCUT2D eigenvalue weighted by molar-refractivity contribution is 5.81. The Hall–Kier alpha value is -1.14. The molecule has 2 amide bonds. The molecule has 3 saturated heterocycles. The van der Waals surface area contributed by atoms with Gasteiger partial charge in [-0.25, -0.2) is 0 Å². The van der Waals surface area contributed by atoms with Gasteiger partial charge in [0.05, 0.1) is 19.3 Å². The predicted molar refractivity (Wildman–Crippen MR) is 91.6 cm³/mol. The van der Waals surface area contributed by atoms with Gasteiger partial charge in [-0.2, -0.15) is 0 Å². The van der Waals surface area contributed by atoms with Crippen LogP contribution in [0.15, 0.2) is 0 Å². The van der Waals surface area contributed by atoms with E-state index in [1.165, 1.54) is 0 Å². The third-order valence-electron chi connectivity index (χ3n) is 5.69. The van der Waals surface area contributed by atoms with E-state index in [0.29, 0.717) is 25.1 Å². The molecule has 0 radical (unpaired) electrons. The quantitative estimate of drug-likeness (QED) is 0.770. The molecule has 24 heavy (non-hydrogen) atoms. The third kappa shape index (κ3) is 4.09.